The second-order valence-electron chi connectivity index (χ2n) is 3.96. The Kier molecular flexibility index (Phi) is 4.47. The largest absolute Gasteiger partial charge is 0.337 e. The van der Waals surface area contributed by atoms with Gasteiger partial charge in [0.15, 0.2) is 5.44 Å². The van der Waals surface area contributed by atoms with Gasteiger partial charge in [-0.1, -0.05) is 13.8 Å². The molecule has 13 heavy (non-hydrogen) atoms. The molecular weight excluding hydrogens is 180 g/mol. The van der Waals surface area contributed by atoms with E-state index in [1.807, 2.05) is 0 Å². The van der Waals surface area contributed by atoms with E-state index < -0.39 is 9.62 Å². The van der Waals surface area contributed by atoms with Crippen LogP contribution in [0.3, 0.4) is 0 Å². The fourth-order valence-electron chi connectivity index (χ4n) is 2.12. The van der Waals surface area contributed by atoms with Gasteiger partial charge in [0.1, 0.15) is 0 Å². The van der Waals surface area contributed by atoms with Crippen LogP contribution in [0.15, 0.2) is 0 Å². The van der Waals surface area contributed by atoms with Crippen molar-refractivity contribution < 1.29 is 4.74 Å². The van der Waals surface area contributed by atoms with Gasteiger partial charge in [-0.05, 0) is 19.3 Å². The lowest BCUT2D eigenvalue weighted by Crippen LogP contribution is -2.33. The van der Waals surface area contributed by atoms with E-state index in [1.54, 1.807) is 0 Å². The third-order valence-corrected chi connectivity index (χ3v) is 6.60. The molecule has 1 heterocycles. The van der Waals surface area contributed by atoms with Crippen LogP contribution in [-0.2, 0) is 14.4 Å². The van der Waals surface area contributed by atoms with Crippen molar-refractivity contribution >= 4 is 15.5 Å². The van der Waals surface area contributed by atoms with Gasteiger partial charge < -0.3 is 4.74 Å². The van der Waals surface area contributed by atoms with E-state index in [1.165, 1.54) is 37.2 Å². The summed E-state index contributed by atoms with van der Waals surface area (Å²) in [4.78, 5) is 0. The normalized spacial score (nSPS) is 23.7. The molecular formula is C11H23OS+. The zero-order chi connectivity index (χ0) is 9.73. The molecule has 1 aliphatic heterocycles. The molecule has 0 radical (unpaired) electrons. The summed E-state index contributed by atoms with van der Waals surface area (Å²) in [5.74, 6) is 7.08. The fraction of sp³-hybridized carbons (Fsp3) is 0.909. The Morgan fingerprint density at radius 2 is 1.92 bits per heavy atom. The summed E-state index contributed by atoms with van der Waals surface area (Å²) in [7, 11) is -0.690. The highest BCUT2D eigenvalue weighted by molar-refractivity contribution is 8.11. The molecule has 1 unspecified atom stereocenters. The monoisotopic (exact) mass is 203 g/mol. The van der Waals surface area contributed by atoms with E-state index in [9.17, 15) is 0 Å². The number of hydrogen-bond acceptors (Lipinski definition) is 1. The van der Waals surface area contributed by atoms with Gasteiger partial charge in [0.25, 0.3) is 0 Å². The first-order valence-corrected chi connectivity index (χ1v) is 7.65. The number of ether oxygens (including phenoxy) is 1. The molecule has 0 saturated carbocycles. The molecule has 0 amide bonds. The van der Waals surface area contributed by atoms with Crippen LogP contribution < -0.4 is 0 Å². The van der Waals surface area contributed by atoms with Crippen LogP contribution in [0.25, 0.3) is 0 Å². The van der Waals surface area contributed by atoms with Crippen molar-refractivity contribution in [3.05, 3.63) is 0 Å². The van der Waals surface area contributed by atoms with E-state index >= 15 is 0 Å². The maximum atomic E-state index is 5.80. The molecule has 0 spiro atoms. The first-order chi connectivity index (χ1) is 6.23. The van der Waals surface area contributed by atoms with Crippen molar-refractivity contribution in [3.8, 4) is 0 Å². The molecule has 1 fully saturated rings. The summed E-state index contributed by atoms with van der Waals surface area (Å²) >= 11 is 0. The van der Waals surface area contributed by atoms with Gasteiger partial charge >= 0.3 is 0 Å². The predicted molar refractivity (Wildman–Crippen MR) is 63.8 cm³/mol. The van der Waals surface area contributed by atoms with Gasteiger partial charge in [0.05, 0.1) is 18.1 Å². The molecule has 1 saturated heterocycles. The molecule has 0 aromatic heterocycles. The highest BCUT2D eigenvalue weighted by Gasteiger charge is 2.33. The minimum absolute atomic E-state index is 0.521. The molecule has 1 rings (SSSR count). The van der Waals surface area contributed by atoms with Crippen molar-refractivity contribution in [1.82, 2.24) is 0 Å². The first-order valence-electron chi connectivity index (χ1n) is 5.45. The van der Waals surface area contributed by atoms with Crippen LogP contribution in [0.1, 0.15) is 39.5 Å². The molecule has 0 N–H and O–H groups in total. The third kappa shape index (κ3) is 2.81. The fourth-order valence-corrected chi connectivity index (χ4v) is 5.53. The predicted octanol–water partition coefficient (Wildman–Crippen LogP) is 2.53. The number of rotatable bonds is 5. The molecule has 1 atom stereocenters. The summed E-state index contributed by atoms with van der Waals surface area (Å²) in [6, 6.07) is 0. The second kappa shape index (κ2) is 5.16. The minimum Gasteiger partial charge on any atom is -0.337 e. The van der Waals surface area contributed by atoms with Crippen LogP contribution in [0.4, 0.5) is 0 Å². The van der Waals surface area contributed by atoms with Crippen LogP contribution in [-0.4, -0.2) is 29.4 Å². The Hall–Kier alpha value is 0.180. The van der Waals surface area contributed by atoms with Crippen molar-refractivity contribution in [3.63, 3.8) is 0 Å². The van der Waals surface area contributed by atoms with Gasteiger partial charge in [-0.25, -0.2) is 0 Å². The Balaban J connectivity index is 2.58. The van der Waals surface area contributed by atoms with Gasteiger partial charge in [-0.15, -0.1) is 9.62 Å². The Morgan fingerprint density at radius 1 is 1.31 bits per heavy atom. The second-order valence-corrected chi connectivity index (χ2v) is 7.53. The average Bonchev–Trinajstić information content (AvgIpc) is 2.57. The standard InChI is InChI=1S/C11H23OS/c1-4-9-13(3,10-5-2)11-7-6-8-12-11/h11H,3-10H2,1-2H3/q+1. The summed E-state index contributed by atoms with van der Waals surface area (Å²) in [6.07, 6.45) is 5.04. The molecule has 1 aliphatic rings. The molecule has 0 aromatic carbocycles. The van der Waals surface area contributed by atoms with Gasteiger partial charge in [0, 0.05) is 12.3 Å². The Morgan fingerprint density at radius 3 is 2.31 bits per heavy atom. The minimum atomic E-state index is -0.690. The lowest BCUT2D eigenvalue weighted by Gasteiger charge is -2.24. The highest BCUT2D eigenvalue weighted by atomic mass is 32.2. The zero-order valence-electron chi connectivity index (χ0n) is 9.05. The zero-order valence-corrected chi connectivity index (χ0v) is 9.87. The summed E-state index contributed by atoms with van der Waals surface area (Å²) in [5, 5.41) is 0. The van der Waals surface area contributed by atoms with Crippen molar-refractivity contribution in [2.24, 2.45) is 0 Å². The molecule has 0 bridgehead atoms. The summed E-state index contributed by atoms with van der Waals surface area (Å²) in [6.45, 7) is 5.50. The molecule has 1 nitrogen and oxygen atoms in total. The van der Waals surface area contributed by atoms with E-state index in [-0.39, 0.29) is 0 Å². The third-order valence-electron chi connectivity index (χ3n) is 2.67. The van der Waals surface area contributed by atoms with E-state index in [0.717, 1.165) is 6.61 Å². The van der Waals surface area contributed by atoms with Crippen molar-refractivity contribution in [1.29, 1.82) is 0 Å². The van der Waals surface area contributed by atoms with Crippen molar-refractivity contribution in [2.45, 2.75) is 45.0 Å². The van der Waals surface area contributed by atoms with Crippen LogP contribution in [0.5, 0.6) is 0 Å². The lowest BCUT2D eigenvalue weighted by atomic mass is 10.4. The topological polar surface area (TPSA) is 9.23 Å². The molecule has 0 aliphatic carbocycles. The first kappa shape index (κ1) is 11.3. The van der Waals surface area contributed by atoms with Crippen LogP contribution >= 0.6 is 0 Å². The maximum absolute atomic E-state index is 5.80. The van der Waals surface area contributed by atoms with Crippen LogP contribution in [0.2, 0.25) is 0 Å². The molecule has 2 heteroatoms. The van der Waals surface area contributed by atoms with E-state index in [0.29, 0.717) is 5.44 Å². The SMILES string of the molecule is C=[S+](CCC)(CCC)C1CCCO1. The van der Waals surface area contributed by atoms with Crippen molar-refractivity contribution in [2.75, 3.05) is 18.1 Å². The van der Waals surface area contributed by atoms with Gasteiger partial charge in [-0.3, -0.25) is 0 Å². The summed E-state index contributed by atoms with van der Waals surface area (Å²) in [5.41, 5.74) is 0.521. The average molecular weight is 203 g/mol. The summed E-state index contributed by atoms with van der Waals surface area (Å²) < 4.78 is 5.80. The quantitative estimate of drug-likeness (QED) is 0.493. The van der Waals surface area contributed by atoms with Gasteiger partial charge in [-0.2, -0.15) is 0 Å². The van der Waals surface area contributed by atoms with Crippen LogP contribution in [0, 0.1) is 0 Å². The smallest absolute Gasteiger partial charge is 0.185 e. The highest BCUT2D eigenvalue weighted by Crippen LogP contribution is 2.26. The number of hydrogen-bond donors (Lipinski definition) is 0. The maximum Gasteiger partial charge on any atom is 0.185 e. The van der Waals surface area contributed by atoms with E-state index in [4.69, 9.17) is 4.74 Å². The lowest BCUT2D eigenvalue weighted by molar-refractivity contribution is 0.170. The Bertz CT molecular complexity index is 173. The Labute approximate surface area is 83.8 Å². The molecule has 78 valence electrons. The van der Waals surface area contributed by atoms with E-state index in [2.05, 4.69) is 19.7 Å². The van der Waals surface area contributed by atoms with Gasteiger partial charge in [0.2, 0.25) is 0 Å². The molecule has 0 aromatic rings.